The zero-order valence-electron chi connectivity index (χ0n) is 10.7. The van der Waals surface area contributed by atoms with Crippen LogP contribution in [0, 0.1) is 5.92 Å². The van der Waals surface area contributed by atoms with Crippen molar-refractivity contribution < 1.29 is 13.9 Å². The maximum absolute atomic E-state index is 12.5. The minimum Gasteiger partial charge on any atom is -0.465 e. The molecule has 2 atom stereocenters. The fourth-order valence-corrected chi connectivity index (χ4v) is 1.95. The highest BCUT2D eigenvalue weighted by molar-refractivity contribution is 8.00. The summed E-state index contributed by atoms with van der Waals surface area (Å²) in [5.74, 6) is 1.02. The number of carbonyl (C=O) groups excluding carboxylic acids is 1. The van der Waals surface area contributed by atoms with Crippen LogP contribution >= 0.6 is 11.8 Å². The van der Waals surface area contributed by atoms with E-state index in [4.69, 9.17) is 4.74 Å². The van der Waals surface area contributed by atoms with E-state index in [2.05, 4.69) is 0 Å². The summed E-state index contributed by atoms with van der Waals surface area (Å²) in [6.45, 7) is 7.89. The standard InChI is InChI=1S/C12H23FO2S/c1-9(2)8-15-12(14)11(4)16-7-5-6-10(3)13/h9-11H,5-8H2,1-4H3. The van der Waals surface area contributed by atoms with E-state index < -0.39 is 6.17 Å². The highest BCUT2D eigenvalue weighted by atomic mass is 32.2. The Kier molecular flexibility index (Phi) is 8.71. The Bertz CT molecular complexity index is 195. The Morgan fingerprint density at radius 3 is 2.44 bits per heavy atom. The Labute approximate surface area is 102 Å². The number of ether oxygens (including phenoxy) is 1. The van der Waals surface area contributed by atoms with Crippen molar-refractivity contribution in [3.05, 3.63) is 0 Å². The lowest BCUT2D eigenvalue weighted by Gasteiger charge is -2.12. The van der Waals surface area contributed by atoms with Crippen LogP contribution in [0.25, 0.3) is 0 Å². The summed E-state index contributed by atoms with van der Waals surface area (Å²) in [6, 6.07) is 0. The summed E-state index contributed by atoms with van der Waals surface area (Å²) in [5.41, 5.74) is 0. The van der Waals surface area contributed by atoms with Gasteiger partial charge in [-0.2, -0.15) is 0 Å². The van der Waals surface area contributed by atoms with Gasteiger partial charge in [-0.25, -0.2) is 4.39 Å². The first-order valence-corrected chi connectivity index (χ1v) is 6.90. The number of carbonyl (C=O) groups is 1. The molecule has 0 saturated carbocycles. The lowest BCUT2D eigenvalue weighted by molar-refractivity contribution is -0.143. The Balaban J connectivity index is 3.55. The van der Waals surface area contributed by atoms with E-state index in [1.54, 1.807) is 6.92 Å². The molecule has 0 fully saturated rings. The highest BCUT2D eigenvalue weighted by Gasteiger charge is 2.15. The third-order valence-corrected chi connectivity index (χ3v) is 3.22. The summed E-state index contributed by atoms with van der Waals surface area (Å²) < 4.78 is 17.6. The molecule has 4 heteroatoms. The van der Waals surface area contributed by atoms with Gasteiger partial charge in [-0.3, -0.25) is 4.79 Å². The molecule has 0 aliphatic rings. The van der Waals surface area contributed by atoms with E-state index in [0.29, 0.717) is 18.9 Å². The van der Waals surface area contributed by atoms with Crippen molar-refractivity contribution in [3.8, 4) is 0 Å². The molecule has 0 heterocycles. The Morgan fingerprint density at radius 2 is 1.94 bits per heavy atom. The van der Waals surface area contributed by atoms with Gasteiger partial charge in [0.2, 0.25) is 0 Å². The Hall–Kier alpha value is -0.250. The molecule has 0 rings (SSSR count). The topological polar surface area (TPSA) is 26.3 Å². The average molecular weight is 250 g/mol. The van der Waals surface area contributed by atoms with Gasteiger partial charge in [-0.1, -0.05) is 13.8 Å². The van der Waals surface area contributed by atoms with Crippen LogP contribution in [0.2, 0.25) is 0 Å². The fourth-order valence-electron chi connectivity index (χ4n) is 1.06. The summed E-state index contributed by atoms with van der Waals surface area (Å²) >= 11 is 1.54. The molecule has 96 valence electrons. The predicted octanol–water partition coefficient (Wildman–Crippen LogP) is 3.45. The number of halogens is 1. The van der Waals surface area contributed by atoms with E-state index in [0.717, 1.165) is 12.2 Å². The minimum atomic E-state index is -0.746. The van der Waals surface area contributed by atoms with Gasteiger partial charge in [0.25, 0.3) is 0 Å². The zero-order valence-corrected chi connectivity index (χ0v) is 11.5. The minimum absolute atomic E-state index is 0.145. The van der Waals surface area contributed by atoms with Crippen molar-refractivity contribution in [2.45, 2.75) is 52.0 Å². The van der Waals surface area contributed by atoms with Crippen molar-refractivity contribution in [1.82, 2.24) is 0 Å². The molecule has 0 N–H and O–H groups in total. The van der Waals surface area contributed by atoms with Crippen LogP contribution in [0.5, 0.6) is 0 Å². The number of hydrogen-bond donors (Lipinski definition) is 0. The second-order valence-electron chi connectivity index (χ2n) is 4.46. The van der Waals surface area contributed by atoms with Gasteiger partial charge in [-0.05, 0) is 38.4 Å². The van der Waals surface area contributed by atoms with E-state index in [1.807, 2.05) is 20.8 Å². The van der Waals surface area contributed by atoms with E-state index in [-0.39, 0.29) is 11.2 Å². The summed E-state index contributed by atoms with van der Waals surface area (Å²) in [4.78, 5) is 11.5. The molecule has 0 spiro atoms. The lowest BCUT2D eigenvalue weighted by atomic mass is 10.2. The molecule has 16 heavy (non-hydrogen) atoms. The number of hydrogen-bond acceptors (Lipinski definition) is 3. The van der Waals surface area contributed by atoms with Gasteiger partial charge in [0.05, 0.1) is 18.0 Å². The summed E-state index contributed by atoms with van der Waals surface area (Å²) in [7, 11) is 0. The van der Waals surface area contributed by atoms with E-state index in [9.17, 15) is 9.18 Å². The van der Waals surface area contributed by atoms with Gasteiger partial charge in [0.15, 0.2) is 0 Å². The Morgan fingerprint density at radius 1 is 1.31 bits per heavy atom. The third kappa shape index (κ3) is 9.01. The van der Waals surface area contributed by atoms with Crippen molar-refractivity contribution >= 4 is 17.7 Å². The first kappa shape index (κ1) is 15.8. The van der Waals surface area contributed by atoms with Gasteiger partial charge < -0.3 is 4.74 Å². The molecule has 0 saturated heterocycles. The molecule has 0 aliphatic heterocycles. The molecular formula is C12H23FO2S. The van der Waals surface area contributed by atoms with Crippen LogP contribution in [0.3, 0.4) is 0 Å². The van der Waals surface area contributed by atoms with E-state index in [1.165, 1.54) is 11.8 Å². The van der Waals surface area contributed by atoms with Crippen molar-refractivity contribution in [1.29, 1.82) is 0 Å². The van der Waals surface area contributed by atoms with Gasteiger partial charge in [0, 0.05) is 0 Å². The van der Waals surface area contributed by atoms with Gasteiger partial charge >= 0.3 is 5.97 Å². The second kappa shape index (κ2) is 8.85. The maximum atomic E-state index is 12.5. The first-order chi connectivity index (χ1) is 7.43. The third-order valence-electron chi connectivity index (χ3n) is 2.00. The molecule has 0 radical (unpaired) electrons. The number of rotatable bonds is 8. The SMILES string of the molecule is CC(C)COC(=O)C(C)SCCCC(C)F. The molecular weight excluding hydrogens is 227 g/mol. The van der Waals surface area contributed by atoms with Gasteiger partial charge in [0.1, 0.15) is 0 Å². The van der Waals surface area contributed by atoms with Crippen molar-refractivity contribution in [2.24, 2.45) is 5.92 Å². The second-order valence-corrected chi connectivity index (χ2v) is 5.91. The predicted molar refractivity (Wildman–Crippen MR) is 67.5 cm³/mol. The van der Waals surface area contributed by atoms with Crippen LogP contribution in [-0.2, 0) is 9.53 Å². The smallest absolute Gasteiger partial charge is 0.318 e. The average Bonchev–Trinajstić information content (AvgIpc) is 2.20. The van der Waals surface area contributed by atoms with Gasteiger partial charge in [-0.15, -0.1) is 11.8 Å². The van der Waals surface area contributed by atoms with Crippen LogP contribution in [0.15, 0.2) is 0 Å². The lowest BCUT2D eigenvalue weighted by Crippen LogP contribution is -2.19. The first-order valence-electron chi connectivity index (χ1n) is 5.85. The molecule has 0 aliphatic carbocycles. The maximum Gasteiger partial charge on any atom is 0.318 e. The summed E-state index contributed by atoms with van der Waals surface area (Å²) in [6.07, 6.45) is 0.633. The zero-order chi connectivity index (χ0) is 12.6. The monoisotopic (exact) mass is 250 g/mol. The molecule has 0 amide bonds. The quantitative estimate of drug-likeness (QED) is 0.487. The van der Waals surface area contributed by atoms with Crippen molar-refractivity contribution in [2.75, 3.05) is 12.4 Å². The molecule has 2 nitrogen and oxygen atoms in total. The molecule has 2 unspecified atom stereocenters. The van der Waals surface area contributed by atoms with Crippen LogP contribution < -0.4 is 0 Å². The molecule has 0 aromatic carbocycles. The highest BCUT2D eigenvalue weighted by Crippen LogP contribution is 2.15. The summed E-state index contributed by atoms with van der Waals surface area (Å²) in [5, 5.41) is -0.145. The number of thioether (sulfide) groups is 1. The molecule has 0 aromatic heterocycles. The molecule has 0 aromatic rings. The number of alkyl halides is 1. The fraction of sp³-hybridized carbons (Fsp3) is 0.917. The van der Waals surface area contributed by atoms with Crippen molar-refractivity contribution in [3.63, 3.8) is 0 Å². The largest absolute Gasteiger partial charge is 0.465 e. The van der Waals surface area contributed by atoms with E-state index >= 15 is 0 Å². The normalized spacial score (nSPS) is 14.9. The number of esters is 1. The van der Waals surface area contributed by atoms with Crippen LogP contribution in [0.4, 0.5) is 4.39 Å². The van der Waals surface area contributed by atoms with Crippen LogP contribution in [-0.4, -0.2) is 29.8 Å². The van der Waals surface area contributed by atoms with Crippen LogP contribution in [0.1, 0.15) is 40.5 Å². The molecule has 0 bridgehead atoms.